The lowest BCUT2D eigenvalue weighted by Crippen LogP contribution is -2.35. The summed E-state index contributed by atoms with van der Waals surface area (Å²) in [7, 11) is 1.28. The number of ether oxygens (including phenoxy) is 1. The van der Waals surface area contributed by atoms with Crippen molar-refractivity contribution in [2.45, 2.75) is 39.7 Å². The molecule has 0 radical (unpaired) electrons. The molecular weight excluding hydrogens is 334 g/mol. The Morgan fingerprint density at radius 1 is 1.31 bits per heavy atom. The Morgan fingerprint density at radius 2 is 2.12 bits per heavy atom. The molecule has 0 atom stereocenters. The summed E-state index contributed by atoms with van der Waals surface area (Å²) < 4.78 is 9.93. The number of unbranched alkanes of at least 4 members (excludes halogenated alkanes) is 2. The molecule has 7 nitrogen and oxygen atoms in total. The molecule has 140 valence electrons. The summed E-state index contributed by atoms with van der Waals surface area (Å²) in [6, 6.07) is 7.38. The Balaban J connectivity index is 2.07. The van der Waals surface area contributed by atoms with Crippen LogP contribution in [0.25, 0.3) is 0 Å². The smallest absolute Gasteiger partial charge is 0.360 e. The van der Waals surface area contributed by atoms with E-state index in [0.29, 0.717) is 12.4 Å². The summed E-state index contributed by atoms with van der Waals surface area (Å²) in [4.78, 5) is 29.9. The number of oxazole rings is 1. The third kappa shape index (κ3) is 5.61. The summed E-state index contributed by atoms with van der Waals surface area (Å²) in [5.41, 5.74) is 1.89. The highest BCUT2D eigenvalue weighted by Gasteiger charge is 2.19. The molecule has 1 aromatic heterocycles. The first-order valence-electron chi connectivity index (χ1n) is 8.68. The van der Waals surface area contributed by atoms with Gasteiger partial charge in [0.2, 0.25) is 5.89 Å². The van der Waals surface area contributed by atoms with Crippen LogP contribution in [0.15, 0.2) is 34.9 Å². The normalized spacial score (nSPS) is 10.4. The summed E-state index contributed by atoms with van der Waals surface area (Å²) in [6.45, 7) is 4.82. The van der Waals surface area contributed by atoms with Crippen molar-refractivity contribution in [2.24, 2.45) is 0 Å². The zero-order valence-electron chi connectivity index (χ0n) is 15.4. The molecule has 7 heteroatoms. The number of carbonyl (C=O) groups excluding carboxylic acids is 2. The Bertz CT molecular complexity index is 742. The van der Waals surface area contributed by atoms with Crippen LogP contribution in [0.3, 0.4) is 0 Å². The quantitative estimate of drug-likeness (QED) is 0.569. The van der Waals surface area contributed by atoms with Crippen molar-refractivity contribution in [1.29, 1.82) is 0 Å². The highest BCUT2D eigenvalue weighted by atomic mass is 16.5. The first-order chi connectivity index (χ1) is 12.5. The molecule has 1 N–H and O–H groups in total. The molecule has 0 bridgehead atoms. The van der Waals surface area contributed by atoms with Gasteiger partial charge in [0.05, 0.1) is 13.7 Å². The number of nitrogens with one attached hydrogen (secondary N) is 1. The van der Waals surface area contributed by atoms with E-state index in [1.807, 2.05) is 31.2 Å². The molecule has 0 aliphatic carbocycles. The molecule has 2 aromatic rings. The first kappa shape index (κ1) is 19.5. The topological polar surface area (TPSA) is 84.7 Å². The van der Waals surface area contributed by atoms with Crippen molar-refractivity contribution in [1.82, 2.24) is 9.88 Å². The predicted molar refractivity (Wildman–Crippen MR) is 98.0 cm³/mol. The SMILES string of the molecule is CCCCCN(Cc1nc(C(=O)OC)co1)C(=O)Nc1cccc(C)c1. The molecule has 2 rings (SSSR count). The summed E-state index contributed by atoms with van der Waals surface area (Å²) in [6.07, 6.45) is 4.19. The third-order valence-electron chi connectivity index (χ3n) is 3.86. The molecule has 26 heavy (non-hydrogen) atoms. The number of methoxy groups -OCH3 is 1. The molecule has 0 aliphatic rings. The Hall–Kier alpha value is -2.83. The second kappa shape index (κ2) is 9.60. The van der Waals surface area contributed by atoms with Gasteiger partial charge >= 0.3 is 12.0 Å². The lowest BCUT2D eigenvalue weighted by atomic mass is 10.2. The summed E-state index contributed by atoms with van der Waals surface area (Å²) in [5, 5.41) is 2.90. The van der Waals surface area contributed by atoms with Gasteiger partial charge in [0, 0.05) is 12.2 Å². The van der Waals surface area contributed by atoms with Crippen molar-refractivity contribution in [3.05, 3.63) is 47.7 Å². The van der Waals surface area contributed by atoms with Gasteiger partial charge in [-0.15, -0.1) is 0 Å². The maximum Gasteiger partial charge on any atom is 0.360 e. The van der Waals surface area contributed by atoms with E-state index < -0.39 is 5.97 Å². The molecule has 0 saturated carbocycles. The Kier molecular flexibility index (Phi) is 7.20. The van der Waals surface area contributed by atoms with Crippen LogP contribution in [-0.2, 0) is 11.3 Å². The van der Waals surface area contributed by atoms with E-state index >= 15 is 0 Å². The number of carbonyl (C=O) groups is 2. The van der Waals surface area contributed by atoms with Gasteiger partial charge in [-0.25, -0.2) is 14.6 Å². The summed E-state index contributed by atoms with van der Waals surface area (Å²) >= 11 is 0. The zero-order valence-corrected chi connectivity index (χ0v) is 15.4. The van der Waals surface area contributed by atoms with Gasteiger partial charge in [-0.1, -0.05) is 31.9 Å². The number of aromatic nitrogens is 1. The van der Waals surface area contributed by atoms with Crippen LogP contribution in [0, 0.1) is 6.92 Å². The predicted octanol–water partition coefficient (Wildman–Crippen LogP) is 3.99. The van der Waals surface area contributed by atoms with Gasteiger partial charge in [0.15, 0.2) is 5.69 Å². The van der Waals surface area contributed by atoms with Crippen LogP contribution in [-0.4, -0.2) is 35.5 Å². The lowest BCUT2D eigenvalue weighted by Gasteiger charge is -2.21. The highest BCUT2D eigenvalue weighted by Crippen LogP contribution is 2.13. The van der Waals surface area contributed by atoms with Gasteiger partial charge in [0.25, 0.3) is 0 Å². The van der Waals surface area contributed by atoms with Crippen molar-refractivity contribution in [2.75, 3.05) is 19.0 Å². The molecule has 1 heterocycles. The summed E-state index contributed by atoms with van der Waals surface area (Å²) in [5.74, 6) is -0.275. The van der Waals surface area contributed by atoms with E-state index in [1.165, 1.54) is 13.4 Å². The minimum Gasteiger partial charge on any atom is -0.464 e. The van der Waals surface area contributed by atoms with Gasteiger partial charge in [-0.3, -0.25) is 0 Å². The van der Waals surface area contributed by atoms with Gasteiger partial charge in [0.1, 0.15) is 6.26 Å². The van der Waals surface area contributed by atoms with Crippen LogP contribution in [0.1, 0.15) is 48.1 Å². The van der Waals surface area contributed by atoms with Crippen LogP contribution in [0.4, 0.5) is 10.5 Å². The average molecular weight is 359 g/mol. The maximum atomic E-state index is 12.7. The maximum absolute atomic E-state index is 12.7. The molecule has 1 aromatic carbocycles. The number of amides is 2. The molecule has 0 spiro atoms. The monoisotopic (exact) mass is 359 g/mol. The second-order valence-corrected chi connectivity index (χ2v) is 6.05. The number of aryl methyl sites for hydroxylation is 1. The lowest BCUT2D eigenvalue weighted by molar-refractivity contribution is 0.0594. The number of urea groups is 1. The zero-order chi connectivity index (χ0) is 18.9. The van der Waals surface area contributed by atoms with E-state index in [4.69, 9.17) is 4.42 Å². The van der Waals surface area contributed by atoms with Crippen molar-refractivity contribution in [3.63, 3.8) is 0 Å². The molecule has 2 amide bonds. The van der Waals surface area contributed by atoms with Gasteiger partial charge in [-0.2, -0.15) is 0 Å². The second-order valence-electron chi connectivity index (χ2n) is 6.05. The van der Waals surface area contributed by atoms with Gasteiger partial charge < -0.3 is 19.4 Å². The fraction of sp³-hybridized carbons (Fsp3) is 0.421. The molecule has 0 saturated heterocycles. The van der Waals surface area contributed by atoms with Crippen LogP contribution < -0.4 is 5.32 Å². The minimum absolute atomic E-state index is 0.0927. The molecule has 0 fully saturated rings. The number of nitrogens with zero attached hydrogens (tertiary/aromatic N) is 2. The van der Waals surface area contributed by atoms with Crippen LogP contribution >= 0.6 is 0 Å². The average Bonchev–Trinajstić information content (AvgIpc) is 3.09. The number of anilines is 1. The van der Waals surface area contributed by atoms with Crippen molar-refractivity contribution < 1.29 is 18.7 Å². The fourth-order valence-electron chi connectivity index (χ4n) is 2.48. The van der Waals surface area contributed by atoms with Crippen LogP contribution in [0.2, 0.25) is 0 Å². The van der Waals surface area contributed by atoms with E-state index in [0.717, 1.165) is 30.5 Å². The minimum atomic E-state index is -0.568. The standard InChI is InChI=1S/C19H25N3O4/c1-4-5-6-10-22(12-17-21-16(13-26-17)18(23)25-3)19(24)20-15-9-7-8-14(2)11-15/h7-9,11,13H,4-6,10,12H2,1-3H3,(H,20,24). The molecule has 0 unspecified atom stereocenters. The third-order valence-corrected chi connectivity index (χ3v) is 3.86. The van der Waals surface area contributed by atoms with Gasteiger partial charge in [-0.05, 0) is 31.0 Å². The fourth-order valence-corrected chi connectivity index (χ4v) is 2.48. The van der Waals surface area contributed by atoms with E-state index in [9.17, 15) is 9.59 Å². The largest absolute Gasteiger partial charge is 0.464 e. The van der Waals surface area contributed by atoms with E-state index in [2.05, 4.69) is 22.0 Å². The number of rotatable bonds is 8. The molecule has 0 aliphatic heterocycles. The van der Waals surface area contributed by atoms with E-state index in [-0.39, 0.29) is 18.3 Å². The van der Waals surface area contributed by atoms with Crippen molar-refractivity contribution >= 4 is 17.7 Å². The first-order valence-corrected chi connectivity index (χ1v) is 8.68. The number of benzene rings is 1. The molecular formula is C19H25N3O4. The number of hydrogen-bond acceptors (Lipinski definition) is 5. The number of esters is 1. The number of hydrogen-bond donors (Lipinski definition) is 1. The van der Waals surface area contributed by atoms with E-state index in [1.54, 1.807) is 4.90 Å². The Labute approximate surface area is 153 Å². The van der Waals surface area contributed by atoms with Crippen LogP contribution in [0.5, 0.6) is 0 Å². The highest BCUT2D eigenvalue weighted by molar-refractivity contribution is 5.89. The van der Waals surface area contributed by atoms with Crippen molar-refractivity contribution in [3.8, 4) is 0 Å². The Morgan fingerprint density at radius 3 is 2.81 bits per heavy atom.